The van der Waals surface area contributed by atoms with Gasteiger partial charge in [-0.1, -0.05) is 22.0 Å². The summed E-state index contributed by atoms with van der Waals surface area (Å²) in [5.74, 6) is 0. The molecular formula is C9H12BrOP. The predicted molar refractivity (Wildman–Crippen MR) is 58.0 cm³/mol. The summed E-state index contributed by atoms with van der Waals surface area (Å²) in [6, 6.07) is 5.86. The minimum atomic E-state index is -2.10. The van der Waals surface area contributed by atoms with Crippen LogP contribution in [0.3, 0.4) is 0 Å². The molecule has 0 N–H and O–H groups in total. The monoisotopic (exact) mass is 246 g/mol. The predicted octanol–water partition coefficient (Wildman–Crippen LogP) is 3.01. The molecular weight excluding hydrogens is 235 g/mol. The lowest BCUT2D eigenvalue weighted by Crippen LogP contribution is -2.06. The number of benzene rings is 1. The second kappa shape index (κ2) is 3.35. The Bertz CT molecular complexity index is 340. The van der Waals surface area contributed by atoms with Gasteiger partial charge in [-0.05, 0) is 37.9 Å². The van der Waals surface area contributed by atoms with Crippen LogP contribution in [0, 0.1) is 6.92 Å². The van der Waals surface area contributed by atoms with Crippen molar-refractivity contribution in [2.24, 2.45) is 0 Å². The first-order valence-corrected chi connectivity index (χ1v) is 7.12. The van der Waals surface area contributed by atoms with Crippen molar-refractivity contribution in [3.8, 4) is 0 Å². The quantitative estimate of drug-likeness (QED) is 0.697. The highest BCUT2D eigenvalue weighted by atomic mass is 79.9. The number of halogens is 1. The van der Waals surface area contributed by atoms with Crippen LogP contribution >= 0.6 is 23.1 Å². The van der Waals surface area contributed by atoms with E-state index in [-0.39, 0.29) is 0 Å². The summed E-state index contributed by atoms with van der Waals surface area (Å²) in [4.78, 5) is 0. The third-order valence-corrected chi connectivity index (χ3v) is 3.89. The van der Waals surface area contributed by atoms with E-state index in [9.17, 15) is 4.57 Å². The lowest BCUT2D eigenvalue weighted by Gasteiger charge is -2.10. The van der Waals surface area contributed by atoms with Gasteiger partial charge in [-0.15, -0.1) is 0 Å². The van der Waals surface area contributed by atoms with Crippen LogP contribution in [0.15, 0.2) is 22.7 Å². The molecule has 0 aliphatic carbocycles. The molecule has 3 heteroatoms. The van der Waals surface area contributed by atoms with Crippen LogP contribution in [0.2, 0.25) is 0 Å². The van der Waals surface area contributed by atoms with Gasteiger partial charge in [0.1, 0.15) is 7.14 Å². The molecule has 1 aromatic carbocycles. The molecule has 0 aliphatic heterocycles. The summed E-state index contributed by atoms with van der Waals surface area (Å²) in [6.07, 6.45) is 0. The van der Waals surface area contributed by atoms with E-state index in [0.29, 0.717) is 0 Å². The Labute approximate surface area is 81.7 Å². The molecule has 12 heavy (non-hydrogen) atoms. The maximum absolute atomic E-state index is 11.7. The summed E-state index contributed by atoms with van der Waals surface area (Å²) in [7, 11) is -2.10. The first-order chi connectivity index (χ1) is 5.41. The van der Waals surface area contributed by atoms with E-state index in [2.05, 4.69) is 15.9 Å². The summed E-state index contributed by atoms with van der Waals surface area (Å²) in [5, 5.41) is 0.978. The Balaban J connectivity index is 3.28. The van der Waals surface area contributed by atoms with Crippen molar-refractivity contribution in [3.63, 3.8) is 0 Å². The van der Waals surface area contributed by atoms with Gasteiger partial charge in [-0.3, -0.25) is 0 Å². The summed E-state index contributed by atoms with van der Waals surface area (Å²) < 4.78 is 12.8. The lowest BCUT2D eigenvalue weighted by molar-refractivity contribution is 0.588. The Morgan fingerprint density at radius 3 is 2.33 bits per heavy atom. The average Bonchev–Trinajstić information content (AvgIpc) is 1.83. The van der Waals surface area contributed by atoms with Gasteiger partial charge in [0.05, 0.1) is 0 Å². The number of rotatable bonds is 1. The van der Waals surface area contributed by atoms with Gasteiger partial charge in [0.15, 0.2) is 0 Å². The van der Waals surface area contributed by atoms with Crippen LogP contribution in [0.25, 0.3) is 0 Å². The molecule has 1 rings (SSSR count). The van der Waals surface area contributed by atoms with Crippen LogP contribution < -0.4 is 5.30 Å². The van der Waals surface area contributed by atoms with Crippen molar-refractivity contribution >= 4 is 28.4 Å². The molecule has 1 nitrogen and oxygen atoms in total. The zero-order valence-corrected chi connectivity index (χ0v) is 9.95. The SMILES string of the molecule is Cc1cc(Br)ccc1P(C)(C)=O. The lowest BCUT2D eigenvalue weighted by atomic mass is 10.2. The fraction of sp³-hybridized carbons (Fsp3) is 0.333. The second-order valence-corrected chi connectivity index (χ2v) is 7.38. The van der Waals surface area contributed by atoms with E-state index >= 15 is 0 Å². The Hall–Kier alpha value is -0.0700. The molecule has 66 valence electrons. The van der Waals surface area contributed by atoms with Gasteiger partial charge >= 0.3 is 0 Å². The molecule has 0 amide bonds. The van der Waals surface area contributed by atoms with Crippen molar-refractivity contribution in [2.45, 2.75) is 6.92 Å². The van der Waals surface area contributed by atoms with Gasteiger partial charge in [0.2, 0.25) is 0 Å². The summed E-state index contributed by atoms with van der Waals surface area (Å²) in [5.41, 5.74) is 1.10. The van der Waals surface area contributed by atoms with Crippen LogP contribution in [-0.4, -0.2) is 13.3 Å². The second-order valence-electron chi connectivity index (χ2n) is 3.28. The van der Waals surface area contributed by atoms with Crippen molar-refractivity contribution in [2.75, 3.05) is 13.3 Å². The van der Waals surface area contributed by atoms with E-state index in [1.54, 1.807) is 13.3 Å². The highest BCUT2D eigenvalue weighted by molar-refractivity contribution is 9.10. The van der Waals surface area contributed by atoms with Crippen LogP contribution in [-0.2, 0) is 4.57 Å². The van der Waals surface area contributed by atoms with Crippen molar-refractivity contribution in [1.82, 2.24) is 0 Å². The summed E-state index contributed by atoms with van der Waals surface area (Å²) >= 11 is 3.37. The molecule has 0 heterocycles. The van der Waals surface area contributed by atoms with E-state index < -0.39 is 7.14 Å². The van der Waals surface area contributed by atoms with Gasteiger partial charge in [-0.25, -0.2) is 0 Å². The number of hydrogen-bond donors (Lipinski definition) is 0. The molecule has 0 atom stereocenters. The molecule has 1 aromatic rings. The molecule has 0 spiro atoms. The van der Waals surface area contributed by atoms with E-state index in [1.807, 2.05) is 25.1 Å². The van der Waals surface area contributed by atoms with Crippen LogP contribution in [0.5, 0.6) is 0 Å². The van der Waals surface area contributed by atoms with Gasteiger partial charge in [0, 0.05) is 9.78 Å². The first-order valence-electron chi connectivity index (χ1n) is 3.73. The number of aryl methyl sites for hydroxylation is 1. The highest BCUT2D eigenvalue weighted by Crippen LogP contribution is 2.36. The molecule has 0 saturated heterocycles. The molecule has 0 aliphatic rings. The summed E-state index contributed by atoms with van der Waals surface area (Å²) in [6.45, 7) is 5.58. The van der Waals surface area contributed by atoms with Gasteiger partial charge in [-0.2, -0.15) is 0 Å². The smallest absolute Gasteiger partial charge is 0.110 e. The molecule has 0 fully saturated rings. The van der Waals surface area contributed by atoms with E-state index in [1.165, 1.54) is 0 Å². The fourth-order valence-electron chi connectivity index (χ4n) is 1.22. The average molecular weight is 247 g/mol. The maximum atomic E-state index is 11.7. The Morgan fingerprint density at radius 2 is 1.92 bits per heavy atom. The normalized spacial score (nSPS) is 11.7. The van der Waals surface area contributed by atoms with Crippen LogP contribution in [0.1, 0.15) is 5.56 Å². The van der Waals surface area contributed by atoms with E-state index in [0.717, 1.165) is 15.3 Å². The minimum Gasteiger partial charge on any atom is -0.319 e. The largest absolute Gasteiger partial charge is 0.319 e. The third kappa shape index (κ3) is 2.21. The molecule has 0 unspecified atom stereocenters. The fourth-order valence-corrected chi connectivity index (χ4v) is 3.05. The zero-order chi connectivity index (χ0) is 9.35. The minimum absolute atomic E-state index is 0.978. The maximum Gasteiger partial charge on any atom is 0.110 e. The molecule has 0 radical (unpaired) electrons. The van der Waals surface area contributed by atoms with Crippen LogP contribution in [0.4, 0.5) is 0 Å². The van der Waals surface area contributed by atoms with Gasteiger partial charge < -0.3 is 4.57 Å². The Morgan fingerprint density at radius 1 is 1.33 bits per heavy atom. The molecule has 0 aromatic heterocycles. The standard InChI is InChI=1S/C9H12BrOP/c1-7-6-8(10)4-5-9(7)12(2,3)11/h4-6H,1-3H3. The zero-order valence-electron chi connectivity index (χ0n) is 7.47. The Kier molecular flexibility index (Phi) is 2.80. The van der Waals surface area contributed by atoms with E-state index in [4.69, 9.17) is 0 Å². The first kappa shape index (κ1) is 10.0. The number of hydrogen-bond acceptors (Lipinski definition) is 1. The molecule has 0 saturated carbocycles. The molecule has 0 bridgehead atoms. The third-order valence-electron chi connectivity index (χ3n) is 1.74. The van der Waals surface area contributed by atoms with Gasteiger partial charge in [0.25, 0.3) is 0 Å². The van der Waals surface area contributed by atoms with Crippen molar-refractivity contribution in [3.05, 3.63) is 28.2 Å². The topological polar surface area (TPSA) is 17.1 Å². The van der Waals surface area contributed by atoms with Crippen molar-refractivity contribution < 1.29 is 4.57 Å². The highest BCUT2D eigenvalue weighted by Gasteiger charge is 2.13. The van der Waals surface area contributed by atoms with Crippen molar-refractivity contribution in [1.29, 1.82) is 0 Å².